The minimum Gasteiger partial charge on any atom is -0.418 e. The fourth-order valence-corrected chi connectivity index (χ4v) is 3.55. The molecular formula is C11H24O4Si. The van der Waals surface area contributed by atoms with Gasteiger partial charge in [0.05, 0.1) is 13.2 Å². The summed E-state index contributed by atoms with van der Waals surface area (Å²) in [5.41, 5.74) is 0. The van der Waals surface area contributed by atoms with Gasteiger partial charge in [-0.1, -0.05) is 6.42 Å². The van der Waals surface area contributed by atoms with Crippen LogP contribution in [0.2, 0.25) is 19.1 Å². The molecule has 0 amide bonds. The predicted molar refractivity (Wildman–Crippen MR) is 64.8 cm³/mol. The second-order valence-corrected chi connectivity index (χ2v) is 9.02. The van der Waals surface area contributed by atoms with Gasteiger partial charge in [0.1, 0.15) is 12.7 Å². The Morgan fingerprint density at radius 1 is 1.25 bits per heavy atom. The lowest BCUT2D eigenvalue weighted by Crippen LogP contribution is -2.29. The van der Waals surface area contributed by atoms with Gasteiger partial charge in [0.15, 0.2) is 8.32 Å². The van der Waals surface area contributed by atoms with Crippen LogP contribution in [0.5, 0.6) is 0 Å². The van der Waals surface area contributed by atoms with Crippen molar-refractivity contribution in [2.24, 2.45) is 0 Å². The monoisotopic (exact) mass is 248 g/mol. The molecule has 0 saturated carbocycles. The van der Waals surface area contributed by atoms with E-state index in [1.54, 1.807) is 0 Å². The molecule has 5 heteroatoms. The van der Waals surface area contributed by atoms with E-state index >= 15 is 0 Å². The zero-order valence-corrected chi connectivity index (χ0v) is 11.7. The number of unbranched alkanes of at least 4 members (excludes halogenated alkanes) is 1. The van der Waals surface area contributed by atoms with E-state index in [1.165, 1.54) is 6.04 Å². The van der Waals surface area contributed by atoms with Gasteiger partial charge in [-0.25, -0.2) is 9.78 Å². The lowest BCUT2D eigenvalue weighted by molar-refractivity contribution is -0.296. The van der Waals surface area contributed by atoms with E-state index in [-0.39, 0.29) is 6.10 Å². The van der Waals surface area contributed by atoms with Crippen LogP contribution < -0.4 is 0 Å². The third-order valence-corrected chi connectivity index (χ3v) is 5.16. The Bertz CT molecular complexity index is 183. The quantitative estimate of drug-likeness (QED) is 0.196. The third-order valence-electron chi connectivity index (χ3n) is 2.53. The average Bonchev–Trinajstić information content (AvgIpc) is 3.00. The SMILES string of the molecule is CCO[Si](C)(C)CCCCOOCC1CO1. The zero-order valence-electron chi connectivity index (χ0n) is 10.7. The number of rotatable bonds is 10. The van der Waals surface area contributed by atoms with Crippen LogP contribution in [0.15, 0.2) is 0 Å². The normalized spacial score (nSPS) is 20.1. The maximum atomic E-state index is 5.75. The smallest absolute Gasteiger partial charge is 0.186 e. The first-order valence-electron chi connectivity index (χ1n) is 6.14. The van der Waals surface area contributed by atoms with Crippen molar-refractivity contribution >= 4 is 8.32 Å². The fourth-order valence-electron chi connectivity index (χ4n) is 1.52. The minimum absolute atomic E-state index is 0.282. The van der Waals surface area contributed by atoms with E-state index in [2.05, 4.69) is 20.0 Å². The van der Waals surface area contributed by atoms with Crippen LogP contribution in [0, 0.1) is 0 Å². The zero-order chi connectivity index (χ0) is 11.9. The predicted octanol–water partition coefficient (Wildman–Crippen LogP) is 2.36. The van der Waals surface area contributed by atoms with E-state index in [0.29, 0.717) is 13.2 Å². The van der Waals surface area contributed by atoms with E-state index in [4.69, 9.17) is 18.9 Å². The Kier molecular flexibility index (Phi) is 6.53. The molecule has 0 aliphatic carbocycles. The van der Waals surface area contributed by atoms with Gasteiger partial charge >= 0.3 is 0 Å². The molecule has 0 bridgehead atoms. The number of ether oxygens (including phenoxy) is 1. The van der Waals surface area contributed by atoms with Crippen molar-refractivity contribution < 1.29 is 18.9 Å². The molecule has 1 heterocycles. The molecule has 0 aromatic heterocycles. The first-order chi connectivity index (χ1) is 7.64. The second-order valence-electron chi connectivity index (χ2n) is 4.71. The van der Waals surface area contributed by atoms with E-state index < -0.39 is 8.32 Å². The van der Waals surface area contributed by atoms with Gasteiger partial charge in [0.25, 0.3) is 0 Å². The van der Waals surface area contributed by atoms with Crippen molar-refractivity contribution in [3.8, 4) is 0 Å². The number of hydrogen-bond donors (Lipinski definition) is 0. The Labute approximate surface area is 99.3 Å². The molecule has 16 heavy (non-hydrogen) atoms. The summed E-state index contributed by atoms with van der Waals surface area (Å²) in [4.78, 5) is 10.0. The van der Waals surface area contributed by atoms with Crippen LogP contribution in [0.1, 0.15) is 19.8 Å². The van der Waals surface area contributed by atoms with Crippen molar-refractivity contribution in [3.63, 3.8) is 0 Å². The molecule has 1 fully saturated rings. The molecule has 0 spiro atoms. The number of epoxide rings is 1. The van der Waals surface area contributed by atoms with Gasteiger partial charge in [-0.15, -0.1) is 0 Å². The molecule has 1 aliphatic rings. The number of hydrogen-bond acceptors (Lipinski definition) is 4. The van der Waals surface area contributed by atoms with Crippen molar-refractivity contribution in [2.75, 3.05) is 26.4 Å². The highest BCUT2D eigenvalue weighted by molar-refractivity contribution is 6.71. The summed E-state index contributed by atoms with van der Waals surface area (Å²) in [5, 5.41) is 0. The van der Waals surface area contributed by atoms with E-state index in [1.807, 2.05) is 0 Å². The summed E-state index contributed by atoms with van der Waals surface area (Å²) in [6.07, 6.45) is 2.47. The van der Waals surface area contributed by atoms with E-state index in [9.17, 15) is 0 Å². The van der Waals surface area contributed by atoms with Gasteiger partial charge in [-0.3, -0.25) is 0 Å². The van der Waals surface area contributed by atoms with Crippen molar-refractivity contribution in [1.29, 1.82) is 0 Å². The van der Waals surface area contributed by atoms with Crippen LogP contribution in [0.3, 0.4) is 0 Å². The molecule has 0 N–H and O–H groups in total. The van der Waals surface area contributed by atoms with Crippen LogP contribution >= 0.6 is 0 Å². The lowest BCUT2D eigenvalue weighted by atomic mass is 10.4. The fraction of sp³-hybridized carbons (Fsp3) is 1.00. The molecular weight excluding hydrogens is 224 g/mol. The summed E-state index contributed by atoms with van der Waals surface area (Å²) in [6.45, 7) is 9.47. The highest BCUT2D eigenvalue weighted by Gasteiger charge is 2.23. The molecule has 1 rings (SSSR count). The lowest BCUT2D eigenvalue weighted by Gasteiger charge is -2.21. The second kappa shape index (κ2) is 7.40. The van der Waals surface area contributed by atoms with Crippen LogP contribution in [-0.2, 0) is 18.9 Å². The summed E-state index contributed by atoms with van der Waals surface area (Å²) >= 11 is 0. The van der Waals surface area contributed by atoms with Crippen molar-refractivity contribution in [3.05, 3.63) is 0 Å². The summed E-state index contributed by atoms with van der Waals surface area (Å²) in [6, 6.07) is 1.19. The molecule has 0 aromatic carbocycles. The van der Waals surface area contributed by atoms with Gasteiger partial charge in [-0.05, 0) is 32.5 Å². The van der Waals surface area contributed by atoms with Gasteiger partial charge in [0, 0.05) is 6.61 Å². The van der Waals surface area contributed by atoms with Gasteiger partial charge in [-0.2, -0.15) is 0 Å². The maximum absolute atomic E-state index is 5.75. The van der Waals surface area contributed by atoms with Crippen molar-refractivity contribution in [2.45, 2.75) is 45.0 Å². The summed E-state index contributed by atoms with van der Waals surface area (Å²) in [7, 11) is -1.40. The molecule has 96 valence electrons. The van der Waals surface area contributed by atoms with E-state index in [0.717, 1.165) is 26.1 Å². The van der Waals surface area contributed by atoms with Gasteiger partial charge < -0.3 is 9.16 Å². The summed E-state index contributed by atoms with van der Waals surface area (Å²) < 4.78 is 10.7. The van der Waals surface area contributed by atoms with Crippen LogP contribution in [-0.4, -0.2) is 40.8 Å². The third kappa shape index (κ3) is 7.35. The first kappa shape index (κ1) is 14.1. The molecule has 0 radical (unpaired) electrons. The Morgan fingerprint density at radius 2 is 2.00 bits per heavy atom. The maximum Gasteiger partial charge on any atom is 0.186 e. The topological polar surface area (TPSA) is 40.2 Å². The largest absolute Gasteiger partial charge is 0.418 e. The first-order valence-corrected chi connectivity index (χ1v) is 9.25. The minimum atomic E-state index is -1.40. The average molecular weight is 248 g/mol. The molecule has 4 nitrogen and oxygen atoms in total. The Balaban J connectivity index is 1.82. The molecule has 1 atom stereocenters. The van der Waals surface area contributed by atoms with Crippen molar-refractivity contribution in [1.82, 2.24) is 0 Å². The van der Waals surface area contributed by atoms with Crippen LogP contribution in [0.4, 0.5) is 0 Å². The highest BCUT2D eigenvalue weighted by Crippen LogP contribution is 2.15. The molecule has 1 saturated heterocycles. The van der Waals surface area contributed by atoms with Crippen LogP contribution in [0.25, 0.3) is 0 Å². The standard InChI is InChI=1S/C11H24O4Si/c1-4-15-16(2,3)8-6-5-7-13-14-10-11-9-12-11/h11H,4-10H2,1-3H3. The van der Waals surface area contributed by atoms with Gasteiger partial charge in [0.2, 0.25) is 0 Å². The highest BCUT2D eigenvalue weighted by atomic mass is 28.4. The molecule has 1 aliphatic heterocycles. The molecule has 1 unspecified atom stereocenters. The molecule has 0 aromatic rings. The summed E-state index contributed by atoms with van der Waals surface area (Å²) in [5.74, 6) is 0. The Hall–Kier alpha value is 0.0569. The Morgan fingerprint density at radius 3 is 2.62 bits per heavy atom.